The summed E-state index contributed by atoms with van der Waals surface area (Å²) in [4.78, 5) is 58.6. The number of carbonyl (C=O) groups is 4. The van der Waals surface area contributed by atoms with Gasteiger partial charge in [0.25, 0.3) is 0 Å². The number of amides is 3. The molecule has 15 heteroatoms. The van der Waals surface area contributed by atoms with Crippen molar-refractivity contribution in [1.29, 1.82) is 0 Å². The highest BCUT2D eigenvalue weighted by Crippen LogP contribution is 2.19. The van der Waals surface area contributed by atoms with Crippen LogP contribution in [0.1, 0.15) is 44.1 Å². The number of unbranched alkanes of at least 4 members (excludes halogenated alkanes) is 1. The number of hydrogen-bond donors (Lipinski definition) is 9. The van der Waals surface area contributed by atoms with Crippen molar-refractivity contribution in [1.82, 2.24) is 20.9 Å². The normalized spacial score (nSPS) is 13.8. The molecule has 1 aromatic carbocycles. The SMILES string of the molecule is CSCCC(NC(=O)C(CCCCN)NC(=O)C(N)CCCN=C(N)N)C(=O)NC(Cc1c[nH]c2ccccc12)C(=O)O. The number of aromatic amines is 1. The number of H-pyrrole nitrogens is 1. The largest absolute Gasteiger partial charge is 0.480 e. The average molecular weight is 620 g/mol. The zero-order valence-electron chi connectivity index (χ0n) is 24.5. The number of carboxylic acids is 1. The lowest BCUT2D eigenvalue weighted by molar-refractivity contribution is -0.142. The van der Waals surface area contributed by atoms with Crippen molar-refractivity contribution in [3.63, 3.8) is 0 Å². The summed E-state index contributed by atoms with van der Waals surface area (Å²) in [7, 11) is 0. The molecule has 4 unspecified atom stereocenters. The molecule has 4 atom stereocenters. The first kappa shape index (κ1) is 35.4. The first-order chi connectivity index (χ1) is 20.6. The van der Waals surface area contributed by atoms with Crippen LogP contribution >= 0.6 is 11.8 Å². The molecule has 0 bridgehead atoms. The number of nitrogens with two attached hydrogens (primary N) is 4. The fraction of sp³-hybridized carbons (Fsp3) is 0.536. The second-order valence-corrected chi connectivity index (χ2v) is 11.2. The van der Waals surface area contributed by atoms with Crippen LogP contribution in [-0.2, 0) is 25.6 Å². The van der Waals surface area contributed by atoms with Crippen LogP contribution in [0.25, 0.3) is 10.9 Å². The molecule has 0 saturated carbocycles. The number of aliphatic imine (C=N–C) groups is 1. The van der Waals surface area contributed by atoms with Crippen molar-refractivity contribution in [3.05, 3.63) is 36.0 Å². The molecule has 0 aliphatic heterocycles. The zero-order valence-corrected chi connectivity index (χ0v) is 25.3. The van der Waals surface area contributed by atoms with Crippen LogP contribution in [0.5, 0.6) is 0 Å². The molecule has 0 fully saturated rings. The Morgan fingerprint density at radius 1 is 0.930 bits per heavy atom. The Kier molecular flexibility index (Phi) is 15.4. The van der Waals surface area contributed by atoms with Gasteiger partial charge in [-0.1, -0.05) is 18.2 Å². The minimum absolute atomic E-state index is 0.0487. The van der Waals surface area contributed by atoms with Crippen molar-refractivity contribution < 1.29 is 24.3 Å². The summed E-state index contributed by atoms with van der Waals surface area (Å²) in [6.07, 6.45) is 6.13. The summed E-state index contributed by atoms with van der Waals surface area (Å²) in [5.74, 6) is -2.44. The number of hydrogen-bond acceptors (Lipinski definition) is 8. The minimum Gasteiger partial charge on any atom is -0.480 e. The summed E-state index contributed by atoms with van der Waals surface area (Å²) >= 11 is 1.48. The first-order valence-electron chi connectivity index (χ1n) is 14.3. The predicted octanol–water partition coefficient (Wildman–Crippen LogP) is -0.488. The van der Waals surface area contributed by atoms with Gasteiger partial charge in [0, 0.05) is 30.1 Å². The molecule has 1 heterocycles. The second kappa shape index (κ2) is 18.7. The van der Waals surface area contributed by atoms with Gasteiger partial charge in [-0.25, -0.2) is 4.79 Å². The van der Waals surface area contributed by atoms with E-state index in [9.17, 15) is 24.3 Å². The smallest absolute Gasteiger partial charge is 0.326 e. The minimum atomic E-state index is -1.22. The lowest BCUT2D eigenvalue weighted by atomic mass is 10.0. The molecule has 0 aliphatic carbocycles. The number of rotatable bonds is 20. The van der Waals surface area contributed by atoms with E-state index in [1.54, 1.807) is 6.20 Å². The van der Waals surface area contributed by atoms with Gasteiger partial charge in [-0.3, -0.25) is 19.4 Å². The van der Waals surface area contributed by atoms with E-state index in [0.29, 0.717) is 44.5 Å². The van der Waals surface area contributed by atoms with Crippen molar-refractivity contribution in [2.45, 2.75) is 69.1 Å². The van der Waals surface area contributed by atoms with E-state index in [0.717, 1.165) is 16.5 Å². The maximum absolute atomic E-state index is 13.4. The molecule has 0 saturated heterocycles. The highest BCUT2D eigenvalue weighted by molar-refractivity contribution is 7.98. The van der Waals surface area contributed by atoms with Crippen molar-refractivity contribution in [3.8, 4) is 0 Å². The molecule has 2 rings (SSSR count). The van der Waals surface area contributed by atoms with E-state index in [2.05, 4.69) is 25.9 Å². The Morgan fingerprint density at radius 3 is 2.23 bits per heavy atom. The highest BCUT2D eigenvalue weighted by atomic mass is 32.2. The number of guanidine groups is 1. The Labute approximate surface area is 255 Å². The summed E-state index contributed by atoms with van der Waals surface area (Å²) in [6.45, 7) is 0.728. The maximum atomic E-state index is 13.4. The van der Waals surface area contributed by atoms with Gasteiger partial charge in [0.1, 0.15) is 18.1 Å². The average Bonchev–Trinajstić information content (AvgIpc) is 3.38. The Morgan fingerprint density at radius 2 is 1.58 bits per heavy atom. The molecule has 0 spiro atoms. The van der Waals surface area contributed by atoms with E-state index in [1.165, 1.54) is 11.8 Å². The number of benzene rings is 1. The van der Waals surface area contributed by atoms with Gasteiger partial charge >= 0.3 is 5.97 Å². The van der Waals surface area contributed by atoms with Gasteiger partial charge in [0.2, 0.25) is 17.7 Å². The van der Waals surface area contributed by atoms with E-state index >= 15 is 0 Å². The molecule has 13 N–H and O–H groups in total. The molecule has 43 heavy (non-hydrogen) atoms. The molecule has 3 amide bonds. The van der Waals surface area contributed by atoms with Crippen LogP contribution in [0.2, 0.25) is 0 Å². The summed E-state index contributed by atoms with van der Waals surface area (Å²) < 4.78 is 0. The molecule has 1 aromatic heterocycles. The summed E-state index contributed by atoms with van der Waals surface area (Å²) in [5, 5.41) is 18.8. The molecule has 14 nitrogen and oxygen atoms in total. The monoisotopic (exact) mass is 619 g/mol. The fourth-order valence-corrected chi connectivity index (χ4v) is 4.93. The molecular formula is C28H45N9O5S. The van der Waals surface area contributed by atoms with Crippen molar-refractivity contribution in [2.24, 2.45) is 27.9 Å². The third-order valence-electron chi connectivity index (χ3n) is 6.84. The third kappa shape index (κ3) is 12.1. The van der Waals surface area contributed by atoms with Crippen LogP contribution in [0.3, 0.4) is 0 Å². The van der Waals surface area contributed by atoms with Gasteiger partial charge in [-0.15, -0.1) is 0 Å². The zero-order chi connectivity index (χ0) is 31.8. The van der Waals surface area contributed by atoms with E-state index < -0.39 is 47.9 Å². The quantitative estimate of drug-likeness (QED) is 0.0522. The number of carboxylic acid groups (broad SMARTS) is 1. The number of aromatic nitrogens is 1. The number of para-hydroxylation sites is 1. The fourth-order valence-electron chi connectivity index (χ4n) is 4.46. The van der Waals surface area contributed by atoms with Crippen LogP contribution in [0.4, 0.5) is 0 Å². The summed E-state index contributed by atoms with van der Waals surface area (Å²) in [5.41, 5.74) is 23.9. The summed E-state index contributed by atoms with van der Waals surface area (Å²) in [6, 6.07) is 3.37. The van der Waals surface area contributed by atoms with Crippen LogP contribution in [0, 0.1) is 0 Å². The molecule has 0 aliphatic rings. The van der Waals surface area contributed by atoms with Crippen LogP contribution in [0.15, 0.2) is 35.5 Å². The lowest BCUT2D eigenvalue weighted by Crippen LogP contribution is -2.57. The van der Waals surface area contributed by atoms with E-state index in [4.69, 9.17) is 22.9 Å². The standard InChI is InChI=1S/C28H45N9O5S/c1-43-14-11-22(26(40)37-23(27(41)42)15-17-16-34-20-9-3-2-7-18(17)20)36-25(39)21(10-4-5-12-29)35-24(38)19(30)8-6-13-33-28(31)32/h2-3,7,9,16,19,21-23,34H,4-6,8,10-15,29-30H2,1H3,(H,35,38)(H,36,39)(H,37,40)(H,41,42)(H4,31,32,33). The molecule has 0 radical (unpaired) electrons. The molecule has 2 aromatic rings. The lowest BCUT2D eigenvalue weighted by Gasteiger charge is -2.25. The number of nitrogens with one attached hydrogen (secondary N) is 4. The first-order valence-corrected chi connectivity index (χ1v) is 15.7. The number of nitrogens with zero attached hydrogens (tertiary/aromatic N) is 1. The van der Waals surface area contributed by atoms with Crippen LogP contribution in [-0.4, -0.2) is 89.0 Å². The number of thioether (sulfide) groups is 1. The second-order valence-electron chi connectivity index (χ2n) is 10.2. The Balaban J connectivity index is 2.11. The van der Waals surface area contributed by atoms with Crippen molar-refractivity contribution >= 4 is 52.3 Å². The molecule has 238 valence electrons. The topological polar surface area (TPSA) is 257 Å². The highest BCUT2D eigenvalue weighted by Gasteiger charge is 2.30. The van der Waals surface area contributed by atoms with E-state index in [-0.39, 0.29) is 25.2 Å². The van der Waals surface area contributed by atoms with Gasteiger partial charge in [0.05, 0.1) is 6.04 Å². The number of aliphatic carboxylic acids is 1. The molecular weight excluding hydrogens is 574 g/mol. The third-order valence-corrected chi connectivity index (χ3v) is 7.49. The number of fused-ring (bicyclic) bond motifs is 1. The Hall–Kier alpha value is -3.82. The van der Waals surface area contributed by atoms with Gasteiger partial charge in [-0.05, 0) is 68.7 Å². The van der Waals surface area contributed by atoms with Gasteiger partial charge in [-0.2, -0.15) is 11.8 Å². The maximum Gasteiger partial charge on any atom is 0.326 e. The number of carbonyl (C=O) groups excluding carboxylic acids is 3. The van der Waals surface area contributed by atoms with Crippen molar-refractivity contribution in [2.75, 3.05) is 25.1 Å². The Bertz CT molecular complexity index is 1230. The predicted molar refractivity (Wildman–Crippen MR) is 169 cm³/mol. The van der Waals surface area contributed by atoms with E-state index in [1.807, 2.05) is 30.5 Å². The van der Waals surface area contributed by atoms with Crippen LogP contribution < -0.4 is 38.9 Å². The van der Waals surface area contributed by atoms with Gasteiger partial charge in [0.15, 0.2) is 5.96 Å². The van der Waals surface area contributed by atoms with Gasteiger partial charge < -0.3 is 49.0 Å².